The highest BCUT2D eigenvalue weighted by Crippen LogP contribution is 2.19. The third-order valence-corrected chi connectivity index (χ3v) is 8.07. The Morgan fingerprint density at radius 3 is 1.35 bits per heavy atom. The second kappa shape index (κ2) is 15.8. The van der Waals surface area contributed by atoms with Crippen molar-refractivity contribution < 1.29 is 38.2 Å². The van der Waals surface area contributed by atoms with E-state index < -0.39 is 61.1 Å². The lowest BCUT2D eigenvalue weighted by atomic mass is 10.1. The summed E-state index contributed by atoms with van der Waals surface area (Å²) in [6, 6.07) is 12.9. The quantitative estimate of drug-likeness (QED) is 0.200. The van der Waals surface area contributed by atoms with Crippen LogP contribution >= 0.6 is 23.2 Å². The summed E-state index contributed by atoms with van der Waals surface area (Å²) < 4.78 is 10.2. The maximum absolute atomic E-state index is 12.8. The van der Waals surface area contributed by atoms with E-state index >= 15 is 0 Å². The van der Waals surface area contributed by atoms with Crippen molar-refractivity contribution in [3.8, 4) is 0 Å². The van der Waals surface area contributed by atoms with Gasteiger partial charge in [-0.1, -0.05) is 47.5 Å². The van der Waals surface area contributed by atoms with E-state index in [4.69, 9.17) is 32.7 Å². The van der Waals surface area contributed by atoms with Gasteiger partial charge < -0.3 is 9.47 Å². The SMILES string of the molecule is C[C@H]([C@H](C)N1CC(=O)N(COC(=O)C=Cc2cccc(Cl)c2)C(=O)C1)N1CC(=O)N(COC(=O)C=Cc2cccc(Cl)c2)C(=O)C1. The highest BCUT2D eigenvalue weighted by Gasteiger charge is 2.39. The molecule has 0 bridgehead atoms. The van der Waals surface area contributed by atoms with Gasteiger partial charge in [-0.3, -0.25) is 29.0 Å². The van der Waals surface area contributed by atoms with Crippen LogP contribution in [0.1, 0.15) is 25.0 Å². The molecule has 2 aliphatic heterocycles. The molecule has 4 rings (SSSR count). The average Bonchev–Trinajstić information content (AvgIpc) is 3.01. The Morgan fingerprint density at radius 1 is 0.674 bits per heavy atom. The van der Waals surface area contributed by atoms with E-state index in [2.05, 4.69) is 0 Å². The Balaban J connectivity index is 1.24. The molecule has 2 atom stereocenters. The van der Waals surface area contributed by atoms with Crippen molar-refractivity contribution in [2.75, 3.05) is 39.6 Å². The van der Waals surface area contributed by atoms with Crippen LogP contribution in [-0.4, -0.2) is 107 Å². The molecular formula is C32H32Cl2N4O8. The summed E-state index contributed by atoms with van der Waals surface area (Å²) in [5, 5.41) is 1.01. The molecule has 2 aliphatic rings. The van der Waals surface area contributed by atoms with Crippen molar-refractivity contribution in [2.24, 2.45) is 0 Å². The van der Waals surface area contributed by atoms with Gasteiger partial charge in [0.05, 0.1) is 26.2 Å². The highest BCUT2D eigenvalue weighted by molar-refractivity contribution is 6.31. The van der Waals surface area contributed by atoms with E-state index in [0.717, 1.165) is 9.80 Å². The lowest BCUT2D eigenvalue weighted by Crippen LogP contribution is -2.63. The summed E-state index contributed by atoms with van der Waals surface area (Å²) in [5.74, 6) is -3.67. The number of esters is 2. The molecule has 0 aliphatic carbocycles. The molecule has 0 saturated carbocycles. The van der Waals surface area contributed by atoms with Gasteiger partial charge in [0.1, 0.15) is 0 Å². The first-order valence-corrected chi connectivity index (χ1v) is 15.0. The number of imide groups is 2. The minimum Gasteiger partial charge on any atom is -0.441 e. The van der Waals surface area contributed by atoms with Crippen LogP contribution in [0.25, 0.3) is 12.2 Å². The molecule has 0 N–H and O–H groups in total. The summed E-state index contributed by atoms with van der Waals surface area (Å²) in [7, 11) is 0. The molecule has 0 unspecified atom stereocenters. The summed E-state index contributed by atoms with van der Waals surface area (Å²) in [5.41, 5.74) is 1.36. The van der Waals surface area contributed by atoms with Crippen LogP contribution in [0, 0.1) is 0 Å². The van der Waals surface area contributed by atoms with Crippen molar-refractivity contribution in [1.29, 1.82) is 0 Å². The van der Waals surface area contributed by atoms with Gasteiger partial charge in [-0.15, -0.1) is 0 Å². The molecule has 4 amide bonds. The zero-order chi connectivity index (χ0) is 33.4. The molecule has 0 aromatic heterocycles. The number of benzene rings is 2. The van der Waals surface area contributed by atoms with Crippen molar-refractivity contribution in [1.82, 2.24) is 19.6 Å². The number of rotatable bonds is 11. The van der Waals surface area contributed by atoms with Gasteiger partial charge in [-0.05, 0) is 61.4 Å². The van der Waals surface area contributed by atoms with Gasteiger partial charge in [0.2, 0.25) is 23.6 Å². The predicted molar refractivity (Wildman–Crippen MR) is 169 cm³/mol. The fourth-order valence-corrected chi connectivity index (χ4v) is 5.20. The van der Waals surface area contributed by atoms with Crippen LogP contribution in [0.3, 0.4) is 0 Å². The van der Waals surface area contributed by atoms with E-state index in [1.54, 1.807) is 72.2 Å². The van der Waals surface area contributed by atoms with Gasteiger partial charge in [-0.2, -0.15) is 0 Å². The van der Waals surface area contributed by atoms with Crippen LogP contribution in [-0.2, 0) is 38.2 Å². The first kappa shape index (κ1) is 34.5. The normalized spacial score (nSPS) is 18.0. The van der Waals surface area contributed by atoms with E-state index in [1.165, 1.54) is 24.3 Å². The third kappa shape index (κ3) is 9.33. The third-order valence-electron chi connectivity index (χ3n) is 7.60. The van der Waals surface area contributed by atoms with Crippen molar-refractivity contribution in [3.05, 3.63) is 81.9 Å². The Kier molecular flexibility index (Phi) is 11.8. The first-order valence-electron chi connectivity index (χ1n) is 14.3. The van der Waals surface area contributed by atoms with Crippen LogP contribution in [0.4, 0.5) is 0 Å². The Hall–Kier alpha value is -4.36. The molecule has 2 aromatic rings. The summed E-state index contributed by atoms with van der Waals surface area (Å²) in [6.45, 7) is 2.00. The van der Waals surface area contributed by atoms with Crippen molar-refractivity contribution >= 4 is 70.9 Å². The molecule has 0 radical (unpaired) electrons. The standard InChI is InChI=1S/C32H32Cl2N4O8/c1-21(35-15-27(39)37(28(40)16-35)19-45-31(43)11-9-23-5-3-7-25(33)13-23)22(2)36-17-29(41)38(30(42)18-36)20-46-32(44)12-10-24-6-4-8-26(34)14-24/h3-14,21-22H,15-20H2,1-2H3/t21-,22+. The number of piperazine rings is 2. The average molecular weight is 672 g/mol. The number of amides is 4. The number of carbonyl (C=O) groups is 6. The minimum absolute atomic E-state index is 0.131. The van der Waals surface area contributed by atoms with Crippen LogP contribution in [0.5, 0.6) is 0 Å². The lowest BCUT2D eigenvalue weighted by molar-refractivity contribution is -0.167. The van der Waals surface area contributed by atoms with Crippen LogP contribution < -0.4 is 0 Å². The van der Waals surface area contributed by atoms with E-state index in [9.17, 15) is 28.8 Å². The Morgan fingerprint density at radius 2 is 1.02 bits per heavy atom. The first-order chi connectivity index (χ1) is 21.9. The number of nitrogens with zero attached hydrogens (tertiary/aromatic N) is 4. The smallest absolute Gasteiger partial charge is 0.332 e. The van der Waals surface area contributed by atoms with Crippen molar-refractivity contribution in [3.63, 3.8) is 0 Å². The van der Waals surface area contributed by atoms with E-state index in [0.29, 0.717) is 21.2 Å². The maximum Gasteiger partial charge on any atom is 0.332 e. The van der Waals surface area contributed by atoms with Crippen LogP contribution in [0.15, 0.2) is 60.7 Å². The fraction of sp³-hybridized carbons (Fsp3) is 0.312. The van der Waals surface area contributed by atoms with E-state index in [1.807, 2.05) is 0 Å². The number of hydrogen-bond donors (Lipinski definition) is 0. The number of halogens is 2. The lowest BCUT2D eigenvalue weighted by Gasteiger charge is -2.43. The number of hydrogen-bond acceptors (Lipinski definition) is 10. The van der Waals surface area contributed by atoms with Gasteiger partial charge in [0, 0.05) is 34.3 Å². The van der Waals surface area contributed by atoms with Crippen LogP contribution in [0.2, 0.25) is 10.0 Å². The zero-order valence-corrected chi connectivity index (χ0v) is 26.6. The molecule has 12 nitrogen and oxygen atoms in total. The van der Waals surface area contributed by atoms with Gasteiger partial charge >= 0.3 is 11.9 Å². The minimum atomic E-state index is -0.734. The largest absolute Gasteiger partial charge is 0.441 e. The summed E-state index contributed by atoms with van der Waals surface area (Å²) in [4.78, 5) is 80.6. The summed E-state index contributed by atoms with van der Waals surface area (Å²) in [6.07, 6.45) is 5.35. The van der Waals surface area contributed by atoms with Gasteiger partial charge in [0.25, 0.3) is 0 Å². The fourth-order valence-electron chi connectivity index (χ4n) is 4.80. The van der Waals surface area contributed by atoms with Gasteiger partial charge in [0.15, 0.2) is 13.5 Å². The molecule has 0 spiro atoms. The van der Waals surface area contributed by atoms with E-state index in [-0.39, 0.29) is 26.2 Å². The molecule has 2 heterocycles. The molecule has 242 valence electrons. The Bertz CT molecular complexity index is 1430. The zero-order valence-electron chi connectivity index (χ0n) is 25.1. The molecule has 2 saturated heterocycles. The number of ether oxygens (including phenoxy) is 2. The molecule has 46 heavy (non-hydrogen) atoms. The molecule has 2 fully saturated rings. The highest BCUT2D eigenvalue weighted by atomic mass is 35.5. The number of carbonyl (C=O) groups excluding carboxylic acids is 6. The topological polar surface area (TPSA) is 134 Å². The predicted octanol–water partition coefficient (Wildman–Crippen LogP) is 2.84. The molecule has 2 aromatic carbocycles. The Labute approximate surface area is 275 Å². The van der Waals surface area contributed by atoms with Crippen molar-refractivity contribution in [2.45, 2.75) is 25.9 Å². The summed E-state index contributed by atoms with van der Waals surface area (Å²) >= 11 is 11.9. The second-order valence-electron chi connectivity index (χ2n) is 10.7. The second-order valence-corrected chi connectivity index (χ2v) is 11.6. The molecular weight excluding hydrogens is 639 g/mol. The molecule has 14 heteroatoms. The maximum atomic E-state index is 12.8. The monoisotopic (exact) mass is 670 g/mol. The van der Waals surface area contributed by atoms with Gasteiger partial charge in [-0.25, -0.2) is 19.4 Å².